The summed E-state index contributed by atoms with van der Waals surface area (Å²) in [6.45, 7) is 7.18. The Bertz CT molecular complexity index is 1210. The summed E-state index contributed by atoms with van der Waals surface area (Å²) in [6.07, 6.45) is 1.62. The van der Waals surface area contributed by atoms with Gasteiger partial charge in [0.05, 0.1) is 5.39 Å². The fraction of sp³-hybridized carbons (Fsp3) is 0.304. The molecule has 4 aromatic rings. The summed E-state index contributed by atoms with van der Waals surface area (Å²) in [7, 11) is 0. The van der Waals surface area contributed by atoms with Crippen molar-refractivity contribution in [1.29, 1.82) is 0 Å². The van der Waals surface area contributed by atoms with Gasteiger partial charge in [0.25, 0.3) is 5.91 Å². The highest BCUT2D eigenvalue weighted by Gasteiger charge is 2.25. The van der Waals surface area contributed by atoms with Gasteiger partial charge in [0.2, 0.25) is 0 Å². The SMILES string of the molecule is CC(C)c1ccc(-c2nc(C(=O)N3CCN(c4ncnc5sccc45)CC3)cs2)cc1. The van der Waals surface area contributed by atoms with Gasteiger partial charge in [0, 0.05) is 37.1 Å². The van der Waals surface area contributed by atoms with E-state index in [1.807, 2.05) is 15.7 Å². The number of aromatic nitrogens is 3. The van der Waals surface area contributed by atoms with Crippen LogP contribution in [0.3, 0.4) is 0 Å². The van der Waals surface area contributed by atoms with Crippen molar-refractivity contribution in [3.05, 3.63) is 58.7 Å². The molecule has 0 radical (unpaired) electrons. The van der Waals surface area contributed by atoms with E-state index in [4.69, 9.17) is 0 Å². The maximum atomic E-state index is 13.0. The summed E-state index contributed by atoms with van der Waals surface area (Å²) in [6, 6.07) is 10.5. The molecule has 1 aliphatic rings. The smallest absolute Gasteiger partial charge is 0.273 e. The normalized spacial score (nSPS) is 14.5. The molecule has 5 rings (SSSR count). The Morgan fingerprint density at radius 2 is 1.77 bits per heavy atom. The summed E-state index contributed by atoms with van der Waals surface area (Å²) in [5, 5.41) is 5.89. The van der Waals surface area contributed by atoms with Gasteiger partial charge in [0.1, 0.15) is 27.7 Å². The van der Waals surface area contributed by atoms with E-state index >= 15 is 0 Å². The van der Waals surface area contributed by atoms with Crippen LogP contribution >= 0.6 is 22.7 Å². The molecule has 4 heterocycles. The van der Waals surface area contributed by atoms with Gasteiger partial charge < -0.3 is 9.80 Å². The Labute approximate surface area is 189 Å². The second kappa shape index (κ2) is 8.36. The fourth-order valence-corrected chi connectivity index (χ4v) is 5.35. The van der Waals surface area contributed by atoms with Crippen molar-refractivity contribution < 1.29 is 4.79 Å². The number of hydrogen-bond donors (Lipinski definition) is 0. The minimum atomic E-state index is 0.00400. The molecule has 8 heteroatoms. The maximum Gasteiger partial charge on any atom is 0.273 e. The fourth-order valence-electron chi connectivity index (χ4n) is 3.83. The molecule has 1 saturated heterocycles. The van der Waals surface area contributed by atoms with Crippen LogP contribution in [0.2, 0.25) is 0 Å². The molecule has 0 aliphatic carbocycles. The lowest BCUT2D eigenvalue weighted by atomic mass is 10.0. The van der Waals surface area contributed by atoms with Crippen LogP contribution in [0, 0.1) is 0 Å². The van der Waals surface area contributed by atoms with E-state index in [0.29, 0.717) is 24.7 Å². The molecular weight excluding hydrogens is 426 g/mol. The highest BCUT2D eigenvalue weighted by molar-refractivity contribution is 7.16. The predicted octanol–water partition coefficient (Wildman–Crippen LogP) is 4.90. The summed E-state index contributed by atoms with van der Waals surface area (Å²) < 4.78 is 0. The zero-order valence-electron chi connectivity index (χ0n) is 17.5. The van der Waals surface area contributed by atoms with Gasteiger partial charge in [-0.25, -0.2) is 15.0 Å². The second-order valence-corrected chi connectivity index (χ2v) is 9.68. The summed E-state index contributed by atoms with van der Waals surface area (Å²) >= 11 is 3.15. The highest BCUT2D eigenvalue weighted by Crippen LogP contribution is 2.29. The summed E-state index contributed by atoms with van der Waals surface area (Å²) in [5.41, 5.74) is 2.89. The number of nitrogens with zero attached hydrogens (tertiary/aromatic N) is 5. The van der Waals surface area contributed by atoms with Crippen LogP contribution < -0.4 is 4.90 Å². The van der Waals surface area contributed by atoms with Crippen LogP contribution in [0.25, 0.3) is 20.8 Å². The van der Waals surface area contributed by atoms with Gasteiger partial charge >= 0.3 is 0 Å². The maximum absolute atomic E-state index is 13.0. The van der Waals surface area contributed by atoms with Crippen LogP contribution in [-0.4, -0.2) is 51.9 Å². The van der Waals surface area contributed by atoms with Crippen LogP contribution in [0.4, 0.5) is 5.82 Å². The molecule has 1 aliphatic heterocycles. The molecule has 1 fully saturated rings. The number of piperazine rings is 1. The van der Waals surface area contributed by atoms with Crippen LogP contribution in [-0.2, 0) is 0 Å². The van der Waals surface area contributed by atoms with Crippen LogP contribution in [0.1, 0.15) is 35.8 Å². The van der Waals surface area contributed by atoms with E-state index in [-0.39, 0.29) is 5.91 Å². The Kier molecular flexibility index (Phi) is 5.41. The lowest BCUT2D eigenvalue weighted by molar-refractivity contribution is 0.0741. The molecule has 1 amide bonds. The Morgan fingerprint density at radius 1 is 1.00 bits per heavy atom. The van der Waals surface area contributed by atoms with E-state index in [1.54, 1.807) is 17.7 Å². The van der Waals surface area contributed by atoms with Crippen molar-refractivity contribution in [2.75, 3.05) is 31.1 Å². The third kappa shape index (κ3) is 3.93. The standard InChI is InChI=1S/C23H23N5OS2/c1-15(2)16-3-5-17(6-4-16)21-26-19(13-31-21)23(29)28-10-8-27(9-11-28)20-18-7-12-30-22(18)25-14-24-20/h3-7,12-15H,8-11H2,1-2H3. The lowest BCUT2D eigenvalue weighted by Gasteiger charge is -2.35. The Balaban J connectivity index is 1.26. The van der Waals surface area contributed by atoms with E-state index < -0.39 is 0 Å². The summed E-state index contributed by atoms with van der Waals surface area (Å²) in [5.74, 6) is 1.46. The van der Waals surface area contributed by atoms with Crippen LogP contribution in [0.5, 0.6) is 0 Å². The predicted molar refractivity (Wildman–Crippen MR) is 127 cm³/mol. The number of carbonyl (C=O) groups excluding carboxylic acids is 1. The molecule has 158 valence electrons. The number of thiophene rings is 1. The van der Waals surface area contributed by atoms with Crippen molar-refractivity contribution in [2.45, 2.75) is 19.8 Å². The molecule has 0 spiro atoms. The van der Waals surface area contributed by atoms with Crippen molar-refractivity contribution in [2.24, 2.45) is 0 Å². The molecule has 31 heavy (non-hydrogen) atoms. The van der Waals surface area contributed by atoms with E-state index in [1.165, 1.54) is 16.9 Å². The first-order chi connectivity index (χ1) is 15.1. The first kappa shape index (κ1) is 20.1. The monoisotopic (exact) mass is 449 g/mol. The number of anilines is 1. The quantitative estimate of drug-likeness (QED) is 0.443. The minimum Gasteiger partial charge on any atom is -0.352 e. The van der Waals surface area contributed by atoms with Gasteiger partial charge in [0.15, 0.2) is 0 Å². The van der Waals surface area contributed by atoms with Gasteiger partial charge in [-0.05, 0) is 22.9 Å². The topological polar surface area (TPSA) is 62.2 Å². The van der Waals surface area contributed by atoms with Crippen molar-refractivity contribution >= 4 is 44.6 Å². The van der Waals surface area contributed by atoms with Crippen molar-refractivity contribution in [3.63, 3.8) is 0 Å². The highest BCUT2D eigenvalue weighted by atomic mass is 32.1. The van der Waals surface area contributed by atoms with Crippen molar-refractivity contribution in [1.82, 2.24) is 19.9 Å². The number of fused-ring (bicyclic) bond motifs is 1. The number of amides is 1. The zero-order chi connectivity index (χ0) is 21.4. The van der Waals surface area contributed by atoms with Gasteiger partial charge in [-0.1, -0.05) is 38.1 Å². The zero-order valence-corrected chi connectivity index (χ0v) is 19.1. The van der Waals surface area contributed by atoms with Gasteiger partial charge in [-0.15, -0.1) is 22.7 Å². The lowest BCUT2D eigenvalue weighted by Crippen LogP contribution is -2.49. The average Bonchev–Trinajstić information content (AvgIpc) is 3.48. The molecule has 0 N–H and O–H groups in total. The van der Waals surface area contributed by atoms with Gasteiger partial charge in [-0.2, -0.15) is 0 Å². The van der Waals surface area contributed by atoms with E-state index in [9.17, 15) is 4.79 Å². The first-order valence-electron chi connectivity index (χ1n) is 10.4. The number of benzene rings is 1. The van der Waals surface area contributed by atoms with Crippen LogP contribution in [0.15, 0.2) is 47.4 Å². The number of rotatable bonds is 4. The Hall–Kier alpha value is -2.84. The molecule has 0 atom stereocenters. The molecular formula is C23H23N5OS2. The van der Waals surface area contributed by atoms with Gasteiger partial charge in [-0.3, -0.25) is 4.79 Å². The average molecular weight is 450 g/mol. The minimum absolute atomic E-state index is 0.00400. The third-order valence-corrected chi connectivity index (χ3v) is 7.37. The second-order valence-electron chi connectivity index (χ2n) is 7.93. The molecule has 6 nitrogen and oxygen atoms in total. The first-order valence-corrected chi connectivity index (χ1v) is 12.1. The van der Waals surface area contributed by atoms with E-state index in [2.05, 4.69) is 64.0 Å². The number of thiazole rings is 1. The molecule has 1 aromatic carbocycles. The molecule has 3 aromatic heterocycles. The summed E-state index contributed by atoms with van der Waals surface area (Å²) in [4.78, 5) is 31.6. The van der Waals surface area contributed by atoms with E-state index in [0.717, 1.165) is 39.7 Å². The number of carbonyl (C=O) groups is 1. The van der Waals surface area contributed by atoms with Crippen molar-refractivity contribution in [3.8, 4) is 10.6 Å². The number of hydrogen-bond acceptors (Lipinski definition) is 7. The molecule has 0 bridgehead atoms. The Morgan fingerprint density at radius 3 is 2.52 bits per heavy atom. The third-order valence-electron chi connectivity index (χ3n) is 5.65. The molecule has 0 saturated carbocycles. The molecule has 0 unspecified atom stereocenters. The largest absolute Gasteiger partial charge is 0.352 e.